The lowest BCUT2D eigenvalue weighted by atomic mass is 10.1. The monoisotopic (exact) mass is 174 g/mol. The maximum atomic E-state index is 9.93. The largest absolute Gasteiger partial charge is 0.376 e. The fourth-order valence-corrected chi connectivity index (χ4v) is 1.28. The van der Waals surface area contributed by atoms with Crippen LogP contribution in [0.2, 0.25) is 0 Å². The lowest BCUT2D eigenvalue weighted by Crippen LogP contribution is -2.52. The van der Waals surface area contributed by atoms with E-state index in [2.05, 4.69) is 6.92 Å². The first-order chi connectivity index (χ1) is 5.45. The number of aliphatic hydroxyl groups is 1. The molecular weight excluding hydrogens is 152 g/mol. The van der Waals surface area contributed by atoms with Crippen LogP contribution in [0.4, 0.5) is 0 Å². The van der Waals surface area contributed by atoms with Crippen molar-refractivity contribution in [1.29, 1.82) is 0 Å². The van der Waals surface area contributed by atoms with Crippen LogP contribution < -0.4 is 5.73 Å². The minimum atomic E-state index is -0.760. The Hall–Kier alpha value is -0.120. The van der Waals surface area contributed by atoms with Gasteiger partial charge < -0.3 is 10.8 Å². The van der Waals surface area contributed by atoms with Crippen molar-refractivity contribution in [3.8, 4) is 0 Å². The maximum Gasteiger partial charge on any atom is 0.116 e. The molecule has 0 aliphatic heterocycles. The molecule has 0 spiro atoms. The molecule has 0 saturated carbocycles. The molecule has 0 aromatic heterocycles. The van der Waals surface area contributed by atoms with Crippen molar-refractivity contribution < 1.29 is 5.11 Å². The Bertz CT molecular complexity index is 126. The molecule has 2 atom stereocenters. The summed E-state index contributed by atoms with van der Waals surface area (Å²) in [5.74, 6) is 0. The van der Waals surface area contributed by atoms with Crippen LogP contribution in [0.5, 0.6) is 0 Å². The van der Waals surface area contributed by atoms with E-state index >= 15 is 0 Å². The van der Waals surface area contributed by atoms with Crippen molar-refractivity contribution >= 4 is 0 Å². The Morgan fingerprint density at radius 3 is 2.33 bits per heavy atom. The fourth-order valence-electron chi connectivity index (χ4n) is 1.28. The standard InChI is InChI=1S/C9H22N2O/c1-5-7-9(3,12)11(4)8(10)6-2/h8,12H,5-7,10H2,1-4H3. The second kappa shape index (κ2) is 4.80. The van der Waals surface area contributed by atoms with E-state index in [1.165, 1.54) is 0 Å². The summed E-state index contributed by atoms with van der Waals surface area (Å²) in [5.41, 5.74) is 5.04. The van der Waals surface area contributed by atoms with Gasteiger partial charge in [-0.3, -0.25) is 4.90 Å². The van der Waals surface area contributed by atoms with Gasteiger partial charge in [-0.2, -0.15) is 0 Å². The molecule has 3 N–H and O–H groups in total. The van der Waals surface area contributed by atoms with Crippen LogP contribution in [0, 0.1) is 0 Å². The molecule has 0 fully saturated rings. The minimum absolute atomic E-state index is 0.0495. The van der Waals surface area contributed by atoms with E-state index in [0.29, 0.717) is 0 Å². The highest BCUT2D eigenvalue weighted by Crippen LogP contribution is 2.17. The molecule has 2 unspecified atom stereocenters. The molecule has 0 rings (SSSR count). The first-order valence-corrected chi connectivity index (χ1v) is 4.66. The Balaban J connectivity index is 4.13. The predicted molar refractivity (Wildman–Crippen MR) is 51.6 cm³/mol. The Labute approximate surface area is 75.6 Å². The van der Waals surface area contributed by atoms with Gasteiger partial charge in [0.05, 0.1) is 6.17 Å². The third-order valence-electron chi connectivity index (χ3n) is 2.40. The van der Waals surface area contributed by atoms with Gasteiger partial charge in [0.15, 0.2) is 0 Å². The van der Waals surface area contributed by atoms with Crippen molar-refractivity contribution in [3.63, 3.8) is 0 Å². The SMILES string of the molecule is CCCC(C)(O)N(C)C(N)CC. The summed E-state index contributed by atoms with van der Waals surface area (Å²) in [6, 6.07) is 0. The summed E-state index contributed by atoms with van der Waals surface area (Å²) in [6.45, 7) is 5.88. The normalized spacial score (nSPS) is 19.2. The first kappa shape index (κ1) is 11.9. The molecule has 3 heteroatoms. The van der Waals surface area contributed by atoms with Crippen molar-refractivity contribution in [2.45, 2.75) is 51.9 Å². The Kier molecular flexibility index (Phi) is 4.75. The quantitative estimate of drug-likeness (QED) is 0.614. The van der Waals surface area contributed by atoms with Crippen LogP contribution in [0.3, 0.4) is 0 Å². The molecule has 74 valence electrons. The van der Waals surface area contributed by atoms with Gasteiger partial charge in [0.25, 0.3) is 0 Å². The summed E-state index contributed by atoms with van der Waals surface area (Å²) >= 11 is 0. The lowest BCUT2D eigenvalue weighted by Gasteiger charge is -2.37. The highest BCUT2D eigenvalue weighted by atomic mass is 16.3. The van der Waals surface area contributed by atoms with E-state index < -0.39 is 5.72 Å². The molecule has 0 saturated heterocycles. The van der Waals surface area contributed by atoms with Crippen LogP contribution in [0.25, 0.3) is 0 Å². The zero-order valence-corrected chi connectivity index (χ0v) is 8.67. The summed E-state index contributed by atoms with van der Waals surface area (Å²) in [7, 11) is 1.86. The minimum Gasteiger partial charge on any atom is -0.376 e. The summed E-state index contributed by atoms with van der Waals surface area (Å²) in [4.78, 5) is 1.83. The number of rotatable bonds is 5. The molecule has 0 amide bonds. The van der Waals surface area contributed by atoms with E-state index in [4.69, 9.17) is 5.73 Å². The summed E-state index contributed by atoms with van der Waals surface area (Å²) in [6.07, 6.45) is 2.54. The fraction of sp³-hybridized carbons (Fsp3) is 1.00. The van der Waals surface area contributed by atoms with Crippen molar-refractivity contribution in [3.05, 3.63) is 0 Å². The van der Waals surface area contributed by atoms with Gasteiger partial charge >= 0.3 is 0 Å². The Morgan fingerprint density at radius 1 is 1.50 bits per heavy atom. The molecule has 3 nitrogen and oxygen atoms in total. The molecule has 0 bridgehead atoms. The van der Waals surface area contributed by atoms with Gasteiger partial charge in [-0.05, 0) is 26.8 Å². The average Bonchev–Trinajstić information content (AvgIpc) is 2.01. The third-order valence-corrected chi connectivity index (χ3v) is 2.40. The van der Waals surface area contributed by atoms with Gasteiger partial charge in [0.2, 0.25) is 0 Å². The van der Waals surface area contributed by atoms with Crippen LogP contribution in [-0.4, -0.2) is 28.9 Å². The van der Waals surface area contributed by atoms with Crippen molar-refractivity contribution in [2.75, 3.05) is 7.05 Å². The first-order valence-electron chi connectivity index (χ1n) is 4.66. The second-order valence-corrected chi connectivity index (χ2v) is 3.55. The van der Waals surface area contributed by atoms with E-state index in [1.54, 1.807) is 0 Å². The third kappa shape index (κ3) is 3.09. The smallest absolute Gasteiger partial charge is 0.116 e. The van der Waals surface area contributed by atoms with E-state index in [0.717, 1.165) is 19.3 Å². The lowest BCUT2D eigenvalue weighted by molar-refractivity contribution is -0.106. The maximum absolute atomic E-state index is 9.93. The van der Waals surface area contributed by atoms with Crippen molar-refractivity contribution in [1.82, 2.24) is 4.90 Å². The van der Waals surface area contributed by atoms with Crippen LogP contribution in [-0.2, 0) is 0 Å². The summed E-state index contributed by atoms with van der Waals surface area (Å²) in [5, 5.41) is 9.93. The zero-order chi connectivity index (χ0) is 9.78. The topological polar surface area (TPSA) is 49.5 Å². The molecule has 0 radical (unpaired) electrons. The summed E-state index contributed by atoms with van der Waals surface area (Å²) < 4.78 is 0. The van der Waals surface area contributed by atoms with Gasteiger partial charge in [0.1, 0.15) is 5.72 Å². The molecular formula is C9H22N2O. The molecule has 0 aliphatic carbocycles. The molecule has 0 heterocycles. The van der Waals surface area contributed by atoms with E-state index in [9.17, 15) is 5.11 Å². The molecule has 0 aliphatic rings. The average molecular weight is 174 g/mol. The van der Waals surface area contributed by atoms with Gasteiger partial charge in [-0.15, -0.1) is 0 Å². The molecule has 12 heavy (non-hydrogen) atoms. The number of nitrogens with zero attached hydrogens (tertiary/aromatic N) is 1. The van der Waals surface area contributed by atoms with Gasteiger partial charge in [0, 0.05) is 0 Å². The predicted octanol–water partition coefficient (Wildman–Crippen LogP) is 1.12. The van der Waals surface area contributed by atoms with E-state index in [1.807, 2.05) is 25.8 Å². The van der Waals surface area contributed by atoms with E-state index in [-0.39, 0.29) is 6.17 Å². The highest BCUT2D eigenvalue weighted by molar-refractivity contribution is 4.74. The second-order valence-electron chi connectivity index (χ2n) is 3.55. The molecule has 0 aromatic carbocycles. The zero-order valence-electron chi connectivity index (χ0n) is 8.67. The van der Waals surface area contributed by atoms with Crippen LogP contribution in [0.15, 0.2) is 0 Å². The number of hydrogen-bond donors (Lipinski definition) is 2. The molecule has 0 aromatic rings. The van der Waals surface area contributed by atoms with Crippen LogP contribution >= 0.6 is 0 Å². The van der Waals surface area contributed by atoms with Crippen LogP contribution in [0.1, 0.15) is 40.0 Å². The number of nitrogens with two attached hydrogens (primary N) is 1. The number of hydrogen-bond acceptors (Lipinski definition) is 3. The highest BCUT2D eigenvalue weighted by Gasteiger charge is 2.27. The van der Waals surface area contributed by atoms with Gasteiger partial charge in [-0.1, -0.05) is 20.3 Å². The van der Waals surface area contributed by atoms with Gasteiger partial charge in [-0.25, -0.2) is 0 Å². The Morgan fingerprint density at radius 2 is 2.00 bits per heavy atom. The van der Waals surface area contributed by atoms with Crippen molar-refractivity contribution in [2.24, 2.45) is 5.73 Å².